The minimum Gasteiger partial charge on any atom is -0.507 e. The number of phenolic OH excluding ortho intramolecular Hbond substituents is 1. The summed E-state index contributed by atoms with van der Waals surface area (Å²) in [4.78, 5) is 26.0. The number of aryl methyl sites for hydroxylation is 4. The van der Waals surface area contributed by atoms with Gasteiger partial charge < -0.3 is 24.6 Å². The summed E-state index contributed by atoms with van der Waals surface area (Å²) in [6, 6.07) is 17.1. The van der Waals surface area contributed by atoms with E-state index in [1.54, 1.807) is 12.1 Å². The van der Waals surface area contributed by atoms with Gasteiger partial charge in [0.25, 0.3) is 0 Å². The smallest absolute Gasteiger partial charge is 0.407 e. The van der Waals surface area contributed by atoms with Crippen molar-refractivity contribution >= 4 is 6.09 Å². The molecule has 1 unspecified atom stereocenters. The Morgan fingerprint density at radius 1 is 0.800 bits per heavy atom. The van der Waals surface area contributed by atoms with Gasteiger partial charge >= 0.3 is 6.09 Å². The summed E-state index contributed by atoms with van der Waals surface area (Å²) >= 11 is 0. The van der Waals surface area contributed by atoms with E-state index in [0.717, 1.165) is 33.4 Å². The van der Waals surface area contributed by atoms with Gasteiger partial charge in [-0.15, -0.1) is 0 Å². The summed E-state index contributed by atoms with van der Waals surface area (Å²) in [5.74, 6) is 1.71. The van der Waals surface area contributed by atoms with E-state index in [4.69, 9.17) is 29.2 Å². The van der Waals surface area contributed by atoms with Gasteiger partial charge in [-0.1, -0.05) is 47.5 Å². The zero-order valence-electron chi connectivity index (χ0n) is 23.6. The highest BCUT2D eigenvalue weighted by Gasteiger charge is 2.19. The van der Waals surface area contributed by atoms with Crippen LogP contribution in [0.2, 0.25) is 0 Å². The number of methoxy groups -OCH3 is 1. The Hall–Kier alpha value is -4.50. The van der Waals surface area contributed by atoms with Crippen molar-refractivity contribution in [3.8, 4) is 45.7 Å². The number of nitrogens with zero attached hydrogens (tertiary/aromatic N) is 3. The van der Waals surface area contributed by atoms with Crippen LogP contribution in [0.25, 0.3) is 34.2 Å². The molecule has 9 heteroatoms. The number of hydrogen-bond donors (Lipinski definition) is 2. The molecule has 9 nitrogen and oxygen atoms in total. The number of rotatable bonds is 9. The van der Waals surface area contributed by atoms with Crippen molar-refractivity contribution < 1.29 is 24.1 Å². The number of nitrogens with one attached hydrogen (secondary N) is 1. The molecule has 1 atom stereocenters. The molecular weight excluding hydrogens is 508 g/mol. The lowest BCUT2D eigenvalue weighted by molar-refractivity contribution is 0.0146. The Morgan fingerprint density at radius 3 is 1.80 bits per heavy atom. The second-order valence-corrected chi connectivity index (χ2v) is 9.67. The SMILES string of the molecule is CNC(=O)OC(COC)COc1ccc(-c2nc(-c3ccc(C)cc3C)nc(-c3ccc(C)cc3C)n2)c(O)c1. The Morgan fingerprint density at radius 2 is 1.32 bits per heavy atom. The van der Waals surface area contributed by atoms with Crippen LogP contribution >= 0.6 is 0 Å². The number of alkyl carbamates (subject to hydrolysis) is 1. The number of benzene rings is 3. The molecule has 0 aliphatic heterocycles. The second kappa shape index (κ2) is 12.6. The number of aromatic nitrogens is 3. The van der Waals surface area contributed by atoms with E-state index in [9.17, 15) is 9.90 Å². The predicted molar refractivity (Wildman–Crippen MR) is 153 cm³/mol. The molecule has 0 saturated carbocycles. The van der Waals surface area contributed by atoms with Gasteiger partial charge in [-0.2, -0.15) is 0 Å². The number of ether oxygens (including phenoxy) is 3. The molecule has 4 aromatic rings. The molecule has 0 spiro atoms. The lowest BCUT2D eigenvalue weighted by Crippen LogP contribution is -2.33. The van der Waals surface area contributed by atoms with E-state index in [1.165, 1.54) is 20.2 Å². The van der Waals surface area contributed by atoms with E-state index in [1.807, 2.05) is 52.0 Å². The molecular formula is C31H34N4O5. The lowest BCUT2D eigenvalue weighted by Gasteiger charge is -2.18. The molecule has 0 aliphatic carbocycles. The Balaban J connectivity index is 1.72. The van der Waals surface area contributed by atoms with Crippen LogP contribution in [0.1, 0.15) is 22.3 Å². The third-order valence-corrected chi connectivity index (χ3v) is 6.36. The summed E-state index contributed by atoms with van der Waals surface area (Å²) in [6.07, 6.45) is -1.21. The third-order valence-electron chi connectivity index (χ3n) is 6.36. The van der Waals surface area contributed by atoms with Crippen LogP contribution in [0.15, 0.2) is 54.6 Å². The molecule has 2 N–H and O–H groups in total. The monoisotopic (exact) mass is 542 g/mol. The first-order chi connectivity index (χ1) is 19.2. The molecule has 1 amide bonds. The third kappa shape index (κ3) is 6.73. The molecule has 0 saturated heterocycles. The van der Waals surface area contributed by atoms with Crippen LogP contribution in [0.5, 0.6) is 11.5 Å². The van der Waals surface area contributed by atoms with Crippen molar-refractivity contribution in [2.75, 3.05) is 27.4 Å². The minimum absolute atomic E-state index is 0.0412. The van der Waals surface area contributed by atoms with Crippen LogP contribution in [-0.2, 0) is 9.47 Å². The van der Waals surface area contributed by atoms with E-state index in [0.29, 0.717) is 28.8 Å². The zero-order valence-corrected chi connectivity index (χ0v) is 23.6. The molecule has 1 heterocycles. The van der Waals surface area contributed by atoms with Crippen LogP contribution < -0.4 is 10.1 Å². The molecule has 4 rings (SSSR count). The number of phenols is 1. The van der Waals surface area contributed by atoms with Crippen molar-refractivity contribution in [1.82, 2.24) is 20.3 Å². The maximum Gasteiger partial charge on any atom is 0.407 e. The highest BCUT2D eigenvalue weighted by Crippen LogP contribution is 2.34. The summed E-state index contributed by atoms with van der Waals surface area (Å²) in [5, 5.41) is 13.4. The number of hydrogen-bond acceptors (Lipinski definition) is 8. The van der Waals surface area contributed by atoms with Crippen molar-refractivity contribution in [2.24, 2.45) is 0 Å². The van der Waals surface area contributed by atoms with E-state index in [2.05, 4.69) is 17.4 Å². The lowest BCUT2D eigenvalue weighted by atomic mass is 10.0. The van der Waals surface area contributed by atoms with Crippen molar-refractivity contribution in [1.29, 1.82) is 0 Å². The maximum atomic E-state index is 11.6. The highest BCUT2D eigenvalue weighted by molar-refractivity contribution is 5.72. The molecule has 0 aliphatic rings. The van der Waals surface area contributed by atoms with Gasteiger partial charge in [-0.3, -0.25) is 0 Å². The van der Waals surface area contributed by atoms with Gasteiger partial charge in [0.15, 0.2) is 23.6 Å². The average molecular weight is 543 g/mol. The molecule has 3 aromatic carbocycles. The average Bonchev–Trinajstić information content (AvgIpc) is 2.91. The van der Waals surface area contributed by atoms with E-state index < -0.39 is 12.2 Å². The maximum absolute atomic E-state index is 11.6. The Kier molecular flexibility index (Phi) is 8.96. The predicted octanol–water partition coefficient (Wildman–Crippen LogP) is 5.56. The van der Waals surface area contributed by atoms with E-state index >= 15 is 0 Å². The number of amides is 1. The number of carbonyl (C=O) groups is 1. The van der Waals surface area contributed by atoms with Crippen LogP contribution in [0, 0.1) is 27.7 Å². The summed E-state index contributed by atoms with van der Waals surface area (Å²) in [6.45, 7) is 8.33. The fraction of sp³-hybridized carbons (Fsp3) is 0.290. The van der Waals surface area contributed by atoms with Gasteiger partial charge in [0.2, 0.25) is 0 Å². The molecule has 1 aromatic heterocycles. The summed E-state index contributed by atoms with van der Waals surface area (Å²) in [7, 11) is 2.98. The zero-order chi connectivity index (χ0) is 28.8. The first kappa shape index (κ1) is 28.5. The molecule has 0 fully saturated rings. The number of carbonyl (C=O) groups excluding carboxylic acids is 1. The van der Waals surface area contributed by atoms with Crippen LogP contribution in [0.4, 0.5) is 4.79 Å². The Bertz CT molecular complexity index is 1450. The van der Waals surface area contributed by atoms with Crippen LogP contribution in [-0.4, -0.2) is 59.6 Å². The van der Waals surface area contributed by atoms with Crippen molar-refractivity contribution in [3.63, 3.8) is 0 Å². The number of aromatic hydroxyl groups is 1. The van der Waals surface area contributed by atoms with Crippen molar-refractivity contribution in [3.05, 3.63) is 76.9 Å². The quantitative estimate of drug-likeness (QED) is 0.282. The van der Waals surface area contributed by atoms with Crippen molar-refractivity contribution in [2.45, 2.75) is 33.8 Å². The van der Waals surface area contributed by atoms with E-state index in [-0.39, 0.29) is 19.0 Å². The fourth-order valence-corrected chi connectivity index (χ4v) is 4.36. The molecule has 0 bridgehead atoms. The van der Waals surface area contributed by atoms with Gasteiger partial charge in [0.05, 0.1) is 12.2 Å². The highest BCUT2D eigenvalue weighted by atomic mass is 16.6. The normalized spacial score (nSPS) is 11.7. The van der Waals surface area contributed by atoms with Gasteiger partial charge in [-0.25, -0.2) is 19.7 Å². The molecule has 208 valence electrons. The second-order valence-electron chi connectivity index (χ2n) is 9.67. The minimum atomic E-state index is -0.629. The first-order valence-electron chi connectivity index (χ1n) is 12.9. The molecule has 0 radical (unpaired) electrons. The summed E-state index contributed by atoms with van der Waals surface area (Å²) < 4.78 is 16.1. The fourth-order valence-electron chi connectivity index (χ4n) is 4.36. The topological polar surface area (TPSA) is 116 Å². The van der Waals surface area contributed by atoms with Gasteiger partial charge in [-0.05, 0) is 51.0 Å². The van der Waals surface area contributed by atoms with Gasteiger partial charge in [0, 0.05) is 31.4 Å². The standard InChI is InChI=1S/C31H34N4O5/c1-18-7-10-24(20(3)13-18)28-33-29(25-11-8-19(2)14-21(25)4)35-30(34-28)26-12-9-22(15-27(26)36)39-17-23(16-38-6)40-31(37)32-5/h7-15,23,36H,16-17H2,1-6H3,(H,32,37). The first-order valence-corrected chi connectivity index (χ1v) is 12.9. The molecule has 40 heavy (non-hydrogen) atoms. The summed E-state index contributed by atoms with van der Waals surface area (Å²) in [5.41, 5.74) is 6.59. The largest absolute Gasteiger partial charge is 0.507 e. The Labute approximate surface area is 234 Å². The van der Waals surface area contributed by atoms with Crippen LogP contribution in [0.3, 0.4) is 0 Å². The van der Waals surface area contributed by atoms with Gasteiger partial charge in [0.1, 0.15) is 18.1 Å².